The van der Waals surface area contributed by atoms with Gasteiger partial charge in [0, 0.05) is 20.1 Å². The topological polar surface area (TPSA) is 42.8 Å². The van der Waals surface area contributed by atoms with Crippen molar-refractivity contribution in [1.29, 1.82) is 0 Å². The number of methoxy groups -OCH3 is 1. The molecule has 1 N–H and O–H groups in total. The minimum absolute atomic E-state index is 0.180. The van der Waals surface area contributed by atoms with E-state index in [2.05, 4.69) is 10.2 Å². The molecule has 0 unspecified atom stereocenters. The highest BCUT2D eigenvalue weighted by Crippen LogP contribution is 2.21. The SMILES string of the molecule is COCCn1c(CCC(F)(F)F)n[nH]c1=S. The monoisotopic (exact) mass is 255 g/mol. The van der Waals surface area contributed by atoms with Crippen LogP contribution in [0.5, 0.6) is 0 Å². The van der Waals surface area contributed by atoms with Crippen molar-refractivity contribution in [2.45, 2.75) is 25.6 Å². The number of hydrogen-bond donors (Lipinski definition) is 1. The molecule has 0 spiro atoms. The summed E-state index contributed by atoms with van der Waals surface area (Å²) in [6.45, 7) is 0.784. The first-order valence-corrected chi connectivity index (χ1v) is 5.04. The molecule has 1 aromatic rings. The van der Waals surface area contributed by atoms with E-state index in [1.54, 1.807) is 0 Å². The molecule has 0 fully saturated rings. The molecule has 0 aliphatic carbocycles. The zero-order valence-electron chi connectivity index (χ0n) is 8.67. The van der Waals surface area contributed by atoms with Gasteiger partial charge in [0.1, 0.15) is 5.82 Å². The first kappa shape index (κ1) is 13.2. The van der Waals surface area contributed by atoms with Gasteiger partial charge in [-0.05, 0) is 12.2 Å². The minimum Gasteiger partial charge on any atom is -0.383 e. The maximum atomic E-state index is 12.0. The van der Waals surface area contributed by atoms with Crippen LogP contribution in [0.25, 0.3) is 0 Å². The molecule has 0 bridgehead atoms. The summed E-state index contributed by atoms with van der Waals surface area (Å²) in [7, 11) is 1.51. The molecular weight excluding hydrogens is 243 g/mol. The van der Waals surface area contributed by atoms with E-state index in [-0.39, 0.29) is 6.42 Å². The van der Waals surface area contributed by atoms with E-state index >= 15 is 0 Å². The molecule has 8 heteroatoms. The molecule has 0 aromatic carbocycles. The van der Waals surface area contributed by atoms with Gasteiger partial charge in [-0.1, -0.05) is 0 Å². The minimum atomic E-state index is -4.18. The third-order valence-corrected chi connectivity index (χ3v) is 2.30. The number of rotatable bonds is 5. The van der Waals surface area contributed by atoms with E-state index in [1.165, 1.54) is 11.7 Å². The summed E-state index contributed by atoms with van der Waals surface area (Å²) in [6.07, 6.45) is -5.26. The highest BCUT2D eigenvalue weighted by Gasteiger charge is 2.27. The van der Waals surface area contributed by atoms with E-state index in [0.29, 0.717) is 23.7 Å². The van der Waals surface area contributed by atoms with Crippen LogP contribution in [0.3, 0.4) is 0 Å². The van der Waals surface area contributed by atoms with E-state index in [9.17, 15) is 13.2 Å². The molecule has 0 atom stereocenters. The van der Waals surface area contributed by atoms with Crippen molar-refractivity contribution in [3.05, 3.63) is 10.6 Å². The van der Waals surface area contributed by atoms with Gasteiger partial charge in [0.2, 0.25) is 0 Å². The van der Waals surface area contributed by atoms with E-state index in [4.69, 9.17) is 17.0 Å². The zero-order valence-corrected chi connectivity index (χ0v) is 9.49. The molecule has 4 nitrogen and oxygen atoms in total. The van der Waals surface area contributed by atoms with Crippen LogP contribution in [-0.4, -0.2) is 34.7 Å². The largest absolute Gasteiger partial charge is 0.389 e. The number of halogens is 3. The number of aryl methyl sites for hydroxylation is 1. The summed E-state index contributed by atoms with van der Waals surface area (Å²) in [5.74, 6) is 0.305. The predicted octanol–water partition coefficient (Wildman–Crippen LogP) is 2.08. The molecule has 0 aliphatic heterocycles. The second-order valence-corrected chi connectivity index (χ2v) is 3.59. The van der Waals surface area contributed by atoms with Gasteiger partial charge >= 0.3 is 6.18 Å². The molecule has 1 heterocycles. The van der Waals surface area contributed by atoms with Gasteiger partial charge in [-0.15, -0.1) is 0 Å². The Labute approximate surface area is 95.4 Å². The first-order valence-electron chi connectivity index (χ1n) is 4.64. The molecule has 0 saturated carbocycles. The fourth-order valence-corrected chi connectivity index (χ4v) is 1.45. The lowest BCUT2D eigenvalue weighted by atomic mass is 10.3. The average Bonchev–Trinajstić information content (AvgIpc) is 2.52. The zero-order chi connectivity index (χ0) is 12.2. The van der Waals surface area contributed by atoms with Crippen LogP contribution in [0.1, 0.15) is 12.2 Å². The van der Waals surface area contributed by atoms with E-state index in [0.717, 1.165) is 0 Å². The lowest BCUT2D eigenvalue weighted by Gasteiger charge is -2.07. The van der Waals surface area contributed by atoms with Crippen molar-refractivity contribution in [2.24, 2.45) is 0 Å². The second kappa shape index (κ2) is 5.44. The van der Waals surface area contributed by atoms with E-state index in [1.807, 2.05) is 0 Å². The number of aromatic nitrogens is 3. The number of H-pyrrole nitrogens is 1. The standard InChI is InChI=1S/C8H12F3N3OS/c1-15-5-4-14-6(12-13-7(14)16)2-3-8(9,10)11/h2-5H2,1H3,(H,13,16). The van der Waals surface area contributed by atoms with Crippen LogP contribution in [0.2, 0.25) is 0 Å². The molecule has 1 aromatic heterocycles. The number of hydrogen-bond acceptors (Lipinski definition) is 3. The van der Waals surface area contributed by atoms with Crippen LogP contribution in [0, 0.1) is 4.77 Å². The third kappa shape index (κ3) is 3.93. The van der Waals surface area contributed by atoms with Crippen molar-refractivity contribution in [2.75, 3.05) is 13.7 Å². The van der Waals surface area contributed by atoms with Gasteiger partial charge in [0.25, 0.3) is 0 Å². The molecule has 0 saturated heterocycles. The molecule has 16 heavy (non-hydrogen) atoms. The van der Waals surface area contributed by atoms with Gasteiger partial charge in [0.15, 0.2) is 4.77 Å². The molecule has 1 rings (SSSR count). The quantitative estimate of drug-likeness (QED) is 0.819. The fourth-order valence-electron chi connectivity index (χ4n) is 1.21. The Balaban J connectivity index is 2.69. The lowest BCUT2D eigenvalue weighted by molar-refractivity contribution is -0.134. The van der Waals surface area contributed by atoms with Crippen LogP contribution < -0.4 is 0 Å². The maximum Gasteiger partial charge on any atom is 0.389 e. The van der Waals surface area contributed by atoms with Gasteiger partial charge < -0.3 is 9.30 Å². The summed E-state index contributed by atoms with van der Waals surface area (Å²) in [6, 6.07) is 0. The normalized spacial score (nSPS) is 12.0. The second-order valence-electron chi connectivity index (χ2n) is 3.20. The van der Waals surface area contributed by atoms with Gasteiger partial charge in [-0.25, -0.2) is 0 Å². The summed E-state index contributed by atoms with van der Waals surface area (Å²) in [4.78, 5) is 0. The summed E-state index contributed by atoms with van der Waals surface area (Å²) in [5.41, 5.74) is 0. The molecule has 0 aliphatic rings. The predicted molar refractivity (Wildman–Crippen MR) is 53.7 cm³/mol. The number of alkyl halides is 3. The third-order valence-electron chi connectivity index (χ3n) is 1.99. The summed E-state index contributed by atoms with van der Waals surface area (Å²) >= 11 is 4.90. The maximum absolute atomic E-state index is 12.0. The van der Waals surface area contributed by atoms with Crippen LogP contribution in [0.4, 0.5) is 13.2 Å². The van der Waals surface area contributed by atoms with Gasteiger partial charge in [-0.3, -0.25) is 5.10 Å². The lowest BCUT2D eigenvalue weighted by Crippen LogP contribution is -2.13. The number of aromatic amines is 1. The van der Waals surface area contributed by atoms with Crippen molar-refractivity contribution >= 4 is 12.2 Å². The Kier molecular flexibility index (Phi) is 4.48. The van der Waals surface area contributed by atoms with Gasteiger partial charge in [0.05, 0.1) is 13.0 Å². The Hall–Kier alpha value is -0.890. The summed E-state index contributed by atoms with van der Waals surface area (Å²) in [5, 5.41) is 6.24. The van der Waals surface area contributed by atoms with Crippen molar-refractivity contribution in [3.8, 4) is 0 Å². The number of ether oxygens (including phenoxy) is 1. The Morgan fingerprint density at radius 2 is 2.19 bits per heavy atom. The molecular formula is C8H12F3N3OS. The Morgan fingerprint density at radius 3 is 2.75 bits per heavy atom. The number of nitrogens with one attached hydrogen (secondary N) is 1. The molecule has 92 valence electrons. The highest BCUT2D eigenvalue weighted by atomic mass is 32.1. The van der Waals surface area contributed by atoms with Crippen LogP contribution in [-0.2, 0) is 17.7 Å². The van der Waals surface area contributed by atoms with Crippen molar-refractivity contribution in [3.63, 3.8) is 0 Å². The van der Waals surface area contributed by atoms with Crippen LogP contribution >= 0.6 is 12.2 Å². The smallest absolute Gasteiger partial charge is 0.383 e. The molecule has 0 amide bonds. The summed E-state index contributed by atoms with van der Waals surface area (Å²) < 4.78 is 42.8. The Bertz CT molecular complexity index is 385. The number of nitrogens with zero attached hydrogens (tertiary/aromatic N) is 2. The van der Waals surface area contributed by atoms with Crippen LogP contribution in [0.15, 0.2) is 0 Å². The van der Waals surface area contributed by atoms with Crippen molar-refractivity contribution < 1.29 is 17.9 Å². The first-order chi connectivity index (χ1) is 7.44. The molecule has 0 radical (unpaired) electrons. The van der Waals surface area contributed by atoms with Gasteiger partial charge in [-0.2, -0.15) is 18.3 Å². The fraction of sp³-hybridized carbons (Fsp3) is 0.750. The van der Waals surface area contributed by atoms with E-state index < -0.39 is 12.6 Å². The highest BCUT2D eigenvalue weighted by molar-refractivity contribution is 7.71. The average molecular weight is 255 g/mol. The Morgan fingerprint density at radius 1 is 1.50 bits per heavy atom. The van der Waals surface area contributed by atoms with Crippen molar-refractivity contribution in [1.82, 2.24) is 14.8 Å².